The fraction of sp³-hybridized carbons (Fsp3) is 0.138. The number of hydrogen-bond donors (Lipinski definition) is 2. The minimum atomic E-state index is -4.10. The summed E-state index contributed by atoms with van der Waals surface area (Å²) in [6.45, 7) is 1.88. The predicted octanol–water partition coefficient (Wildman–Crippen LogP) is 6.61. The fourth-order valence-electron chi connectivity index (χ4n) is 4.22. The molecule has 0 saturated carbocycles. The largest absolute Gasteiger partial charge is 0.467 e. The molecule has 0 bridgehead atoms. The summed E-state index contributed by atoms with van der Waals surface area (Å²) in [5.41, 5.74) is 0.794. The monoisotopic (exact) mass is 612 g/mol. The summed E-state index contributed by atoms with van der Waals surface area (Å²) in [4.78, 5) is 14.0. The van der Waals surface area contributed by atoms with Gasteiger partial charge in [0.1, 0.15) is 0 Å². The Labute approximate surface area is 236 Å². The highest BCUT2D eigenvalue weighted by Crippen LogP contribution is 2.41. The molecule has 4 rings (SSSR count). The Balaban J connectivity index is 1.98. The van der Waals surface area contributed by atoms with E-state index in [1.54, 1.807) is 84.9 Å². The quantitative estimate of drug-likeness (QED) is 0.208. The molecule has 6 nitrogen and oxygen atoms in total. The van der Waals surface area contributed by atoms with E-state index < -0.39 is 27.6 Å². The lowest BCUT2D eigenvalue weighted by Gasteiger charge is -2.40. The molecule has 2 atom stereocenters. The third-order valence-corrected chi connectivity index (χ3v) is 8.38. The van der Waals surface area contributed by atoms with Crippen LogP contribution in [0.5, 0.6) is 0 Å². The molecule has 0 aromatic heterocycles. The lowest BCUT2D eigenvalue weighted by atomic mass is 9.79. The molecule has 0 fully saturated rings. The van der Waals surface area contributed by atoms with E-state index in [-0.39, 0.29) is 4.90 Å². The Morgan fingerprint density at radius 1 is 0.895 bits per heavy atom. The first-order valence-corrected chi connectivity index (χ1v) is 14.3. The van der Waals surface area contributed by atoms with Crippen LogP contribution in [0, 0.1) is 6.92 Å². The van der Waals surface area contributed by atoms with E-state index in [1.807, 2.05) is 13.0 Å². The van der Waals surface area contributed by atoms with E-state index in [0.717, 1.165) is 10.0 Å². The summed E-state index contributed by atoms with van der Waals surface area (Å²) >= 11 is 9.55. The second-order valence-electron chi connectivity index (χ2n) is 8.72. The Morgan fingerprint density at radius 3 is 2.08 bits per heavy atom. The number of benzene rings is 4. The van der Waals surface area contributed by atoms with Crippen LogP contribution in [0.1, 0.15) is 22.7 Å². The first-order chi connectivity index (χ1) is 18.2. The molecule has 0 aliphatic carbocycles. The average Bonchev–Trinajstić information content (AvgIpc) is 2.92. The molecule has 2 N–H and O–H groups in total. The molecule has 0 saturated heterocycles. The van der Waals surface area contributed by atoms with Crippen LogP contribution in [0.25, 0.3) is 0 Å². The van der Waals surface area contributed by atoms with Gasteiger partial charge in [0, 0.05) is 15.2 Å². The SMILES string of the molecule is COC(=O)[C@@](Nc1ccc(Cl)cc1)(c1ccccc1)[C@@H](NS(=O)(=O)c1ccc(C)cc1)c1ccc(Br)cc1. The summed E-state index contributed by atoms with van der Waals surface area (Å²) in [5.74, 6) is -0.682. The van der Waals surface area contributed by atoms with Crippen molar-refractivity contribution in [2.45, 2.75) is 23.4 Å². The fourth-order valence-corrected chi connectivity index (χ4v) is 5.87. The zero-order valence-electron chi connectivity index (χ0n) is 20.7. The number of sulfonamides is 1. The van der Waals surface area contributed by atoms with Crippen molar-refractivity contribution in [1.29, 1.82) is 0 Å². The van der Waals surface area contributed by atoms with Gasteiger partial charge in [-0.2, -0.15) is 0 Å². The van der Waals surface area contributed by atoms with Crippen LogP contribution in [0.2, 0.25) is 5.02 Å². The highest BCUT2D eigenvalue weighted by atomic mass is 79.9. The number of rotatable bonds is 9. The summed E-state index contributed by atoms with van der Waals surface area (Å²) in [6, 6.07) is 28.2. The summed E-state index contributed by atoms with van der Waals surface area (Å²) in [7, 11) is -2.82. The molecule has 4 aromatic carbocycles. The normalized spacial score (nSPS) is 13.8. The van der Waals surface area contributed by atoms with Gasteiger partial charge in [-0.05, 0) is 66.6 Å². The molecule has 4 aromatic rings. The number of ether oxygens (including phenoxy) is 1. The van der Waals surface area contributed by atoms with Crippen molar-refractivity contribution in [2.24, 2.45) is 0 Å². The topological polar surface area (TPSA) is 84.5 Å². The zero-order valence-corrected chi connectivity index (χ0v) is 23.8. The predicted molar refractivity (Wildman–Crippen MR) is 154 cm³/mol. The molecule has 0 aliphatic rings. The molecule has 0 heterocycles. The van der Waals surface area contributed by atoms with Gasteiger partial charge in [0.15, 0.2) is 5.54 Å². The maximum atomic E-state index is 13.9. The number of esters is 1. The molecule has 38 heavy (non-hydrogen) atoms. The number of aryl methyl sites for hydroxylation is 1. The number of halogens is 2. The van der Waals surface area contributed by atoms with Gasteiger partial charge in [0.25, 0.3) is 0 Å². The number of nitrogens with one attached hydrogen (secondary N) is 2. The molecule has 0 radical (unpaired) electrons. The van der Waals surface area contributed by atoms with E-state index in [2.05, 4.69) is 26.0 Å². The molecule has 0 amide bonds. The number of anilines is 1. The Morgan fingerprint density at radius 2 is 1.50 bits per heavy atom. The molecule has 9 heteroatoms. The zero-order chi connectivity index (χ0) is 27.3. The van der Waals surface area contributed by atoms with Gasteiger partial charge in [0.2, 0.25) is 10.0 Å². The maximum absolute atomic E-state index is 13.9. The van der Waals surface area contributed by atoms with Crippen molar-refractivity contribution in [3.05, 3.63) is 129 Å². The highest BCUT2D eigenvalue weighted by molar-refractivity contribution is 9.10. The molecule has 196 valence electrons. The third kappa shape index (κ3) is 5.94. The average molecular weight is 614 g/mol. The lowest BCUT2D eigenvalue weighted by Crippen LogP contribution is -2.54. The number of hydrogen-bond acceptors (Lipinski definition) is 5. The van der Waals surface area contributed by atoms with Crippen molar-refractivity contribution in [3.63, 3.8) is 0 Å². The Hall–Kier alpha value is -3.17. The van der Waals surface area contributed by atoms with Gasteiger partial charge in [-0.1, -0.05) is 87.7 Å². The van der Waals surface area contributed by atoms with Crippen molar-refractivity contribution in [1.82, 2.24) is 4.72 Å². The van der Waals surface area contributed by atoms with E-state index in [0.29, 0.717) is 21.8 Å². The van der Waals surface area contributed by atoms with Crippen molar-refractivity contribution in [3.8, 4) is 0 Å². The van der Waals surface area contributed by atoms with Gasteiger partial charge in [-0.3, -0.25) is 0 Å². The summed E-state index contributed by atoms with van der Waals surface area (Å²) in [5, 5.41) is 3.83. The van der Waals surface area contributed by atoms with Gasteiger partial charge < -0.3 is 10.1 Å². The van der Waals surface area contributed by atoms with Crippen LogP contribution in [0.3, 0.4) is 0 Å². The maximum Gasteiger partial charge on any atom is 0.338 e. The third-order valence-electron chi connectivity index (χ3n) is 6.16. The van der Waals surface area contributed by atoms with Crippen LogP contribution < -0.4 is 10.0 Å². The van der Waals surface area contributed by atoms with Gasteiger partial charge in [-0.25, -0.2) is 17.9 Å². The number of carbonyl (C=O) groups excluding carboxylic acids is 1. The first kappa shape index (κ1) is 27.9. The first-order valence-electron chi connectivity index (χ1n) is 11.7. The second-order valence-corrected chi connectivity index (χ2v) is 11.8. The van der Waals surface area contributed by atoms with E-state index in [4.69, 9.17) is 16.3 Å². The minimum absolute atomic E-state index is 0.0727. The smallest absolute Gasteiger partial charge is 0.338 e. The summed E-state index contributed by atoms with van der Waals surface area (Å²) in [6.07, 6.45) is 0. The van der Waals surface area contributed by atoms with E-state index in [9.17, 15) is 13.2 Å². The Kier molecular flexibility index (Phi) is 8.57. The lowest BCUT2D eigenvalue weighted by molar-refractivity contribution is -0.147. The summed E-state index contributed by atoms with van der Waals surface area (Å²) < 4.78 is 36.5. The molecular formula is C29H26BrClN2O4S. The minimum Gasteiger partial charge on any atom is -0.467 e. The van der Waals surface area contributed by atoms with Crippen molar-refractivity contribution < 1.29 is 17.9 Å². The van der Waals surface area contributed by atoms with Gasteiger partial charge >= 0.3 is 5.97 Å². The van der Waals surface area contributed by atoms with Crippen LogP contribution in [-0.4, -0.2) is 21.5 Å². The van der Waals surface area contributed by atoms with Crippen LogP contribution in [-0.2, 0) is 25.1 Å². The van der Waals surface area contributed by atoms with Gasteiger partial charge in [-0.15, -0.1) is 0 Å². The van der Waals surface area contributed by atoms with Gasteiger partial charge in [0.05, 0.1) is 18.0 Å². The Bertz CT molecular complexity index is 1500. The van der Waals surface area contributed by atoms with Crippen molar-refractivity contribution >= 4 is 49.2 Å². The molecular weight excluding hydrogens is 588 g/mol. The number of carbonyl (C=O) groups is 1. The molecule has 0 aliphatic heterocycles. The van der Waals surface area contributed by atoms with Crippen LogP contribution in [0.15, 0.2) is 112 Å². The van der Waals surface area contributed by atoms with Crippen molar-refractivity contribution in [2.75, 3.05) is 12.4 Å². The number of methoxy groups -OCH3 is 1. The standard InChI is InChI=1S/C29H26BrClN2O4S/c1-20-8-18-26(19-9-20)38(35,36)33-27(21-10-12-23(30)13-11-21)29(28(34)37-2,22-6-4-3-5-7-22)32-25-16-14-24(31)15-17-25/h3-19,27,32-33H,1-2H3/t27-,29+/m0/s1. The molecule has 0 unspecified atom stereocenters. The highest BCUT2D eigenvalue weighted by Gasteiger charge is 2.51. The molecule has 0 spiro atoms. The second kappa shape index (κ2) is 11.7. The van der Waals surface area contributed by atoms with Crippen LogP contribution >= 0.6 is 27.5 Å². The van der Waals surface area contributed by atoms with E-state index >= 15 is 0 Å². The van der Waals surface area contributed by atoms with Crippen LogP contribution in [0.4, 0.5) is 5.69 Å². The van der Waals surface area contributed by atoms with E-state index in [1.165, 1.54) is 19.2 Å².